The Balaban J connectivity index is 2.09. The molecule has 0 fully saturated rings. The van der Waals surface area contributed by atoms with Gasteiger partial charge in [-0.05, 0) is 36.4 Å². The van der Waals surface area contributed by atoms with E-state index in [2.05, 4.69) is 4.98 Å². The van der Waals surface area contributed by atoms with Crippen LogP contribution in [0.15, 0.2) is 64.6 Å². The van der Waals surface area contributed by atoms with Crippen LogP contribution >= 0.6 is 23.4 Å². The fourth-order valence-corrected chi connectivity index (χ4v) is 3.10. The summed E-state index contributed by atoms with van der Waals surface area (Å²) in [6.45, 7) is 0. The number of halogens is 1. The molecule has 0 amide bonds. The number of non-ortho nitro benzene ring substituents is 1. The van der Waals surface area contributed by atoms with Crippen LogP contribution < -0.4 is 0 Å². The molecule has 1 heterocycles. The number of nitro groups is 1. The lowest BCUT2D eigenvalue weighted by Gasteiger charge is -2.06. The van der Waals surface area contributed by atoms with Crippen LogP contribution in [0.3, 0.4) is 0 Å². The van der Waals surface area contributed by atoms with E-state index in [-0.39, 0.29) is 10.6 Å². The van der Waals surface area contributed by atoms with Gasteiger partial charge in [-0.1, -0.05) is 23.4 Å². The molecule has 0 aliphatic rings. The van der Waals surface area contributed by atoms with Crippen molar-refractivity contribution < 1.29 is 4.92 Å². The highest BCUT2D eigenvalue weighted by atomic mass is 35.5. The summed E-state index contributed by atoms with van der Waals surface area (Å²) in [5, 5.41) is 13.1. The molecule has 4 nitrogen and oxygen atoms in total. The third-order valence-electron chi connectivity index (χ3n) is 2.99. The predicted molar refractivity (Wildman–Crippen MR) is 84.0 cm³/mol. The topological polar surface area (TPSA) is 56.0 Å². The molecule has 3 rings (SSSR count). The molecule has 21 heavy (non-hydrogen) atoms. The summed E-state index contributed by atoms with van der Waals surface area (Å²) in [6.07, 6.45) is 3.16. The van der Waals surface area contributed by atoms with Crippen LogP contribution in [-0.4, -0.2) is 9.91 Å². The molecule has 0 aliphatic heterocycles. The van der Waals surface area contributed by atoms with Gasteiger partial charge in [0.25, 0.3) is 5.69 Å². The summed E-state index contributed by atoms with van der Waals surface area (Å²) in [7, 11) is 0. The maximum Gasteiger partial charge on any atom is 0.278 e. The second-order valence-electron chi connectivity index (χ2n) is 4.32. The number of nitro benzene ring substituents is 1. The standard InChI is InChI=1S/C15H9ClN2O2S/c16-10-1-3-11(4-2-10)21-15-6-5-14(18(19)20)13-9-17-8-7-12(13)15/h1-9H. The fraction of sp³-hybridized carbons (Fsp3) is 0. The minimum atomic E-state index is -0.388. The van der Waals surface area contributed by atoms with Crippen molar-refractivity contribution in [3.8, 4) is 0 Å². The van der Waals surface area contributed by atoms with E-state index in [0.29, 0.717) is 10.4 Å². The third kappa shape index (κ3) is 2.84. The largest absolute Gasteiger partial charge is 0.278 e. The summed E-state index contributed by atoms with van der Waals surface area (Å²) in [5.74, 6) is 0. The molecule has 0 N–H and O–H groups in total. The summed E-state index contributed by atoms with van der Waals surface area (Å²) in [4.78, 5) is 16.6. The van der Waals surface area contributed by atoms with Crippen LogP contribution in [0.5, 0.6) is 0 Å². The number of hydrogen-bond donors (Lipinski definition) is 0. The molecule has 0 spiro atoms. The molecule has 0 atom stereocenters. The second kappa shape index (κ2) is 5.71. The molecular formula is C15H9ClN2O2S. The van der Waals surface area contributed by atoms with E-state index in [4.69, 9.17) is 11.6 Å². The maximum atomic E-state index is 11.1. The highest BCUT2D eigenvalue weighted by molar-refractivity contribution is 7.99. The number of rotatable bonds is 3. The average Bonchev–Trinajstić information content (AvgIpc) is 2.49. The van der Waals surface area contributed by atoms with Gasteiger partial charge in [0.15, 0.2) is 0 Å². The van der Waals surface area contributed by atoms with Gasteiger partial charge >= 0.3 is 0 Å². The first-order chi connectivity index (χ1) is 10.1. The third-order valence-corrected chi connectivity index (χ3v) is 4.33. The van der Waals surface area contributed by atoms with E-state index in [0.717, 1.165) is 15.2 Å². The molecule has 0 unspecified atom stereocenters. The Hall–Kier alpha value is -2.11. The van der Waals surface area contributed by atoms with Crippen molar-refractivity contribution in [1.29, 1.82) is 0 Å². The van der Waals surface area contributed by atoms with Gasteiger partial charge in [0.05, 0.1) is 10.3 Å². The Morgan fingerprint density at radius 3 is 2.52 bits per heavy atom. The van der Waals surface area contributed by atoms with E-state index in [1.165, 1.54) is 24.0 Å². The maximum absolute atomic E-state index is 11.1. The van der Waals surface area contributed by atoms with Gasteiger partial charge in [0, 0.05) is 38.7 Å². The van der Waals surface area contributed by atoms with Crippen molar-refractivity contribution in [2.75, 3.05) is 0 Å². The fourth-order valence-electron chi connectivity index (χ4n) is 2.03. The van der Waals surface area contributed by atoms with Gasteiger partial charge in [0.2, 0.25) is 0 Å². The summed E-state index contributed by atoms with van der Waals surface area (Å²) in [6, 6.07) is 12.5. The van der Waals surface area contributed by atoms with Crippen molar-refractivity contribution in [3.05, 3.63) is 70.0 Å². The van der Waals surface area contributed by atoms with E-state index >= 15 is 0 Å². The van der Waals surface area contributed by atoms with Gasteiger partial charge in [-0.15, -0.1) is 0 Å². The van der Waals surface area contributed by atoms with E-state index < -0.39 is 0 Å². The number of nitrogens with zero attached hydrogens (tertiary/aromatic N) is 2. The minimum absolute atomic E-state index is 0.0681. The summed E-state index contributed by atoms with van der Waals surface area (Å²) >= 11 is 7.41. The quantitative estimate of drug-likeness (QED) is 0.507. The van der Waals surface area contributed by atoms with Crippen LogP contribution in [0.1, 0.15) is 0 Å². The van der Waals surface area contributed by atoms with Gasteiger partial charge in [-0.25, -0.2) is 0 Å². The molecule has 2 aromatic carbocycles. The molecule has 3 aromatic rings. The highest BCUT2D eigenvalue weighted by Crippen LogP contribution is 2.37. The van der Waals surface area contributed by atoms with Crippen LogP contribution in [-0.2, 0) is 0 Å². The van der Waals surface area contributed by atoms with Crippen LogP contribution in [0, 0.1) is 10.1 Å². The zero-order valence-electron chi connectivity index (χ0n) is 10.7. The zero-order valence-corrected chi connectivity index (χ0v) is 12.3. The van der Waals surface area contributed by atoms with Gasteiger partial charge in [0.1, 0.15) is 0 Å². The Kier molecular flexibility index (Phi) is 3.77. The molecule has 1 aromatic heterocycles. The smallest absolute Gasteiger partial charge is 0.264 e. The number of fused-ring (bicyclic) bond motifs is 1. The first kappa shape index (κ1) is 13.9. The Labute approximate surface area is 129 Å². The molecule has 0 bridgehead atoms. The van der Waals surface area contributed by atoms with Crippen molar-refractivity contribution in [2.24, 2.45) is 0 Å². The van der Waals surface area contributed by atoms with Crippen LogP contribution in [0.4, 0.5) is 5.69 Å². The lowest BCUT2D eigenvalue weighted by atomic mass is 10.1. The van der Waals surface area contributed by atoms with Crippen molar-refractivity contribution in [2.45, 2.75) is 9.79 Å². The van der Waals surface area contributed by atoms with Crippen molar-refractivity contribution in [3.63, 3.8) is 0 Å². The first-order valence-corrected chi connectivity index (χ1v) is 7.29. The van der Waals surface area contributed by atoms with Crippen molar-refractivity contribution in [1.82, 2.24) is 4.98 Å². The first-order valence-electron chi connectivity index (χ1n) is 6.10. The SMILES string of the molecule is O=[N+]([O-])c1ccc(Sc2ccc(Cl)cc2)c2ccncc12. The predicted octanol–water partition coefficient (Wildman–Crippen LogP) is 4.95. The molecule has 0 saturated heterocycles. The van der Waals surface area contributed by atoms with E-state index in [9.17, 15) is 10.1 Å². The molecule has 0 radical (unpaired) electrons. The van der Waals surface area contributed by atoms with Crippen LogP contribution in [0.2, 0.25) is 5.02 Å². The Bertz CT molecular complexity index is 822. The van der Waals surface area contributed by atoms with E-state index in [1.54, 1.807) is 18.3 Å². The molecule has 0 aliphatic carbocycles. The average molecular weight is 317 g/mol. The van der Waals surface area contributed by atoms with Gasteiger partial charge in [-0.2, -0.15) is 0 Å². The summed E-state index contributed by atoms with van der Waals surface area (Å²) < 4.78 is 0. The molecule has 104 valence electrons. The highest BCUT2D eigenvalue weighted by Gasteiger charge is 2.14. The number of hydrogen-bond acceptors (Lipinski definition) is 4. The summed E-state index contributed by atoms with van der Waals surface area (Å²) in [5.41, 5.74) is 0.0681. The van der Waals surface area contributed by atoms with Crippen molar-refractivity contribution >= 4 is 39.8 Å². The minimum Gasteiger partial charge on any atom is -0.264 e. The zero-order chi connectivity index (χ0) is 14.8. The number of benzene rings is 2. The number of aromatic nitrogens is 1. The van der Waals surface area contributed by atoms with E-state index in [1.807, 2.05) is 24.3 Å². The second-order valence-corrected chi connectivity index (χ2v) is 5.87. The Morgan fingerprint density at radius 2 is 1.81 bits per heavy atom. The van der Waals surface area contributed by atoms with Gasteiger partial charge in [-0.3, -0.25) is 15.1 Å². The van der Waals surface area contributed by atoms with Crippen LogP contribution in [0.25, 0.3) is 10.8 Å². The number of pyridine rings is 1. The Morgan fingerprint density at radius 1 is 1.05 bits per heavy atom. The lowest BCUT2D eigenvalue weighted by molar-refractivity contribution is -0.383. The lowest BCUT2D eigenvalue weighted by Crippen LogP contribution is -1.91. The van der Waals surface area contributed by atoms with Gasteiger partial charge < -0.3 is 0 Å². The normalized spacial score (nSPS) is 10.7. The molecule has 6 heteroatoms. The molecule has 0 saturated carbocycles. The monoisotopic (exact) mass is 316 g/mol. The molecular weight excluding hydrogens is 308 g/mol.